The van der Waals surface area contributed by atoms with Gasteiger partial charge in [-0.15, -0.1) is 18.3 Å². The van der Waals surface area contributed by atoms with Crippen molar-refractivity contribution in [1.82, 2.24) is 4.90 Å². The van der Waals surface area contributed by atoms with Crippen molar-refractivity contribution in [1.29, 1.82) is 0 Å². The molecule has 0 unspecified atom stereocenters. The van der Waals surface area contributed by atoms with Crippen LogP contribution < -0.4 is 0 Å². The highest BCUT2D eigenvalue weighted by Gasteiger charge is 2.11. The molecule has 2 N–H and O–H groups in total. The molecule has 0 spiro atoms. The van der Waals surface area contributed by atoms with E-state index >= 15 is 0 Å². The Morgan fingerprint density at radius 2 is 2.07 bits per heavy atom. The van der Waals surface area contributed by atoms with Crippen LogP contribution in [-0.2, 0) is 9.59 Å². The quantitative estimate of drug-likeness (QED) is 0.568. The number of hydrogen-bond acceptors (Lipinski definition) is 4. The van der Waals surface area contributed by atoms with Gasteiger partial charge in [-0.2, -0.15) is 0 Å². The first-order valence-corrected chi connectivity index (χ1v) is 5.56. The Labute approximate surface area is 92.8 Å². The fourth-order valence-electron chi connectivity index (χ4n) is 0.911. The van der Waals surface area contributed by atoms with E-state index in [4.69, 9.17) is 10.2 Å². The third kappa shape index (κ3) is 6.98. The number of nitrogens with zero attached hydrogens (tertiary/aromatic N) is 1. The molecule has 0 aliphatic carbocycles. The van der Waals surface area contributed by atoms with Crippen molar-refractivity contribution >= 4 is 23.6 Å². The van der Waals surface area contributed by atoms with Crippen LogP contribution in [0.15, 0.2) is 12.7 Å². The van der Waals surface area contributed by atoms with Crippen LogP contribution in [0.1, 0.15) is 0 Å². The van der Waals surface area contributed by atoms with Crippen LogP contribution in [0.2, 0.25) is 0 Å². The fourth-order valence-corrected chi connectivity index (χ4v) is 1.55. The Morgan fingerprint density at radius 1 is 1.40 bits per heavy atom. The number of aliphatic hydroxyl groups is 1. The van der Waals surface area contributed by atoms with Crippen LogP contribution in [0.25, 0.3) is 0 Å². The van der Waals surface area contributed by atoms with Gasteiger partial charge in [0.25, 0.3) is 0 Å². The minimum Gasteiger partial charge on any atom is -0.481 e. The summed E-state index contributed by atoms with van der Waals surface area (Å²) in [6, 6.07) is 0. The van der Waals surface area contributed by atoms with Crippen molar-refractivity contribution in [3.8, 4) is 0 Å². The van der Waals surface area contributed by atoms with Gasteiger partial charge >= 0.3 is 5.97 Å². The number of aliphatic hydroxyl groups excluding tert-OH is 1. The highest BCUT2D eigenvalue weighted by molar-refractivity contribution is 8.00. The second-order valence-corrected chi connectivity index (χ2v) is 3.72. The Kier molecular flexibility index (Phi) is 7.75. The minimum atomic E-state index is -0.940. The molecule has 86 valence electrons. The first-order valence-electron chi connectivity index (χ1n) is 4.41. The van der Waals surface area contributed by atoms with Gasteiger partial charge in [-0.1, -0.05) is 6.08 Å². The van der Waals surface area contributed by atoms with Crippen molar-refractivity contribution in [3.05, 3.63) is 12.7 Å². The van der Waals surface area contributed by atoms with Crippen LogP contribution in [0, 0.1) is 0 Å². The molecule has 5 nitrogen and oxygen atoms in total. The smallest absolute Gasteiger partial charge is 0.313 e. The molecule has 0 fully saturated rings. The van der Waals surface area contributed by atoms with E-state index in [0.29, 0.717) is 6.54 Å². The lowest BCUT2D eigenvalue weighted by molar-refractivity contribution is -0.133. The molecule has 0 rings (SSSR count). The predicted octanol–water partition coefficient (Wildman–Crippen LogP) is -0.189. The lowest BCUT2D eigenvalue weighted by Crippen LogP contribution is -2.35. The first-order chi connectivity index (χ1) is 7.11. The summed E-state index contributed by atoms with van der Waals surface area (Å²) in [5.41, 5.74) is 0. The molecule has 0 aliphatic rings. The zero-order valence-electron chi connectivity index (χ0n) is 8.39. The van der Waals surface area contributed by atoms with Gasteiger partial charge in [0.1, 0.15) is 0 Å². The Balaban J connectivity index is 3.90. The molecule has 0 saturated carbocycles. The molecule has 0 saturated heterocycles. The van der Waals surface area contributed by atoms with Crippen molar-refractivity contribution in [3.63, 3.8) is 0 Å². The standard InChI is InChI=1S/C9H15NO4S/c1-2-3-10(4-5-11)8(12)6-15-7-9(13)14/h2,11H,1,3-7H2,(H,13,14). The maximum atomic E-state index is 11.5. The largest absolute Gasteiger partial charge is 0.481 e. The Hall–Kier alpha value is -1.01. The number of thioether (sulfide) groups is 1. The molecule has 6 heteroatoms. The number of amides is 1. The van der Waals surface area contributed by atoms with E-state index in [-0.39, 0.29) is 30.6 Å². The number of rotatable bonds is 8. The summed E-state index contributed by atoms with van der Waals surface area (Å²) < 4.78 is 0. The summed E-state index contributed by atoms with van der Waals surface area (Å²) in [6.45, 7) is 4.01. The van der Waals surface area contributed by atoms with Gasteiger partial charge in [-0.05, 0) is 0 Å². The molecule has 0 aromatic rings. The van der Waals surface area contributed by atoms with Gasteiger partial charge in [-0.3, -0.25) is 9.59 Å². The molecule has 0 radical (unpaired) electrons. The van der Waals surface area contributed by atoms with E-state index in [2.05, 4.69) is 6.58 Å². The maximum absolute atomic E-state index is 11.5. The number of carbonyl (C=O) groups is 2. The average Bonchev–Trinajstić information content (AvgIpc) is 2.16. The number of aliphatic carboxylic acids is 1. The van der Waals surface area contributed by atoms with Gasteiger partial charge in [0.05, 0.1) is 18.1 Å². The molecule has 0 atom stereocenters. The summed E-state index contributed by atoms with van der Waals surface area (Å²) in [7, 11) is 0. The Bertz CT molecular complexity index is 232. The van der Waals surface area contributed by atoms with Crippen LogP contribution in [0.5, 0.6) is 0 Å². The van der Waals surface area contributed by atoms with Gasteiger partial charge < -0.3 is 15.1 Å². The average molecular weight is 233 g/mol. The lowest BCUT2D eigenvalue weighted by Gasteiger charge is -2.19. The van der Waals surface area contributed by atoms with E-state index < -0.39 is 5.97 Å². The number of hydrogen-bond donors (Lipinski definition) is 2. The summed E-state index contributed by atoms with van der Waals surface area (Å²) in [5.74, 6) is -1.10. The molecular weight excluding hydrogens is 218 g/mol. The maximum Gasteiger partial charge on any atom is 0.313 e. The van der Waals surface area contributed by atoms with E-state index in [1.165, 1.54) is 4.90 Å². The molecule has 0 aliphatic heterocycles. The monoisotopic (exact) mass is 233 g/mol. The van der Waals surface area contributed by atoms with Crippen LogP contribution >= 0.6 is 11.8 Å². The first kappa shape index (κ1) is 14.0. The van der Waals surface area contributed by atoms with Gasteiger partial charge in [0.2, 0.25) is 5.91 Å². The van der Waals surface area contributed by atoms with Crippen LogP contribution in [-0.4, -0.2) is 58.2 Å². The Morgan fingerprint density at radius 3 is 2.53 bits per heavy atom. The summed E-state index contributed by atoms with van der Waals surface area (Å²) in [5, 5.41) is 17.1. The van der Waals surface area contributed by atoms with E-state index in [1.54, 1.807) is 6.08 Å². The van der Waals surface area contributed by atoms with Gasteiger partial charge in [0.15, 0.2) is 0 Å². The van der Waals surface area contributed by atoms with Gasteiger partial charge in [-0.25, -0.2) is 0 Å². The highest BCUT2D eigenvalue weighted by Crippen LogP contribution is 2.02. The normalized spacial score (nSPS) is 9.67. The second-order valence-electron chi connectivity index (χ2n) is 2.74. The van der Waals surface area contributed by atoms with Crippen LogP contribution in [0.3, 0.4) is 0 Å². The van der Waals surface area contributed by atoms with E-state index in [9.17, 15) is 9.59 Å². The van der Waals surface area contributed by atoms with Gasteiger partial charge in [0, 0.05) is 13.1 Å². The van der Waals surface area contributed by atoms with E-state index in [1.807, 2.05) is 0 Å². The second kappa shape index (κ2) is 8.31. The zero-order valence-corrected chi connectivity index (χ0v) is 9.20. The summed E-state index contributed by atoms with van der Waals surface area (Å²) in [4.78, 5) is 23.1. The van der Waals surface area contributed by atoms with Crippen molar-refractivity contribution in [2.24, 2.45) is 0 Å². The minimum absolute atomic E-state index is 0.0905. The van der Waals surface area contributed by atoms with E-state index in [0.717, 1.165) is 11.8 Å². The third-order valence-corrected chi connectivity index (χ3v) is 2.43. The van der Waals surface area contributed by atoms with Crippen molar-refractivity contribution in [2.45, 2.75) is 0 Å². The summed E-state index contributed by atoms with van der Waals surface area (Å²) in [6.07, 6.45) is 1.56. The number of carboxylic acid groups (broad SMARTS) is 1. The van der Waals surface area contributed by atoms with Crippen molar-refractivity contribution < 1.29 is 19.8 Å². The molecular formula is C9H15NO4S. The number of carboxylic acids is 1. The molecule has 15 heavy (non-hydrogen) atoms. The number of carbonyl (C=O) groups excluding carboxylic acids is 1. The molecule has 0 aromatic heterocycles. The molecule has 0 heterocycles. The molecule has 0 aromatic carbocycles. The highest BCUT2D eigenvalue weighted by atomic mass is 32.2. The SMILES string of the molecule is C=CCN(CCO)C(=O)CSCC(=O)O. The zero-order chi connectivity index (χ0) is 11.7. The van der Waals surface area contributed by atoms with Crippen molar-refractivity contribution in [2.75, 3.05) is 31.2 Å². The van der Waals surface area contributed by atoms with Crippen LogP contribution in [0.4, 0.5) is 0 Å². The fraction of sp³-hybridized carbons (Fsp3) is 0.556. The topological polar surface area (TPSA) is 77.8 Å². The molecule has 0 bridgehead atoms. The lowest BCUT2D eigenvalue weighted by atomic mass is 10.4. The predicted molar refractivity (Wildman–Crippen MR) is 58.8 cm³/mol. The third-order valence-electron chi connectivity index (χ3n) is 1.52. The molecule has 1 amide bonds. The summed E-state index contributed by atoms with van der Waals surface area (Å²) >= 11 is 1.04.